The van der Waals surface area contributed by atoms with Crippen LogP contribution in [-0.4, -0.2) is 5.91 Å². The van der Waals surface area contributed by atoms with Gasteiger partial charge in [-0.1, -0.05) is 25.1 Å². The minimum absolute atomic E-state index is 0.0160. The number of carbonyl (C=O) groups is 1. The van der Waals surface area contributed by atoms with Gasteiger partial charge in [-0.3, -0.25) is 4.79 Å². The van der Waals surface area contributed by atoms with Crippen LogP contribution in [0.25, 0.3) is 0 Å². The van der Waals surface area contributed by atoms with Crippen molar-refractivity contribution in [1.82, 2.24) is 0 Å². The molecule has 0 saturated carbocycles. The Labute approximate surface area is 112 Å². The van der Waals surface area contributed by atoms with Gasteiger partial charge in [-0.2, -0.15) is 0 Å². The van der Waals surface area contributed by atoms with Gasteiger partial charge in [0.2, 0.25) is 0 Å². The summed E-state index contributed by atoms with van der Waals surface area (Å²) in [5, 5.41) is 3.00. The van der Waals surface area contributed by atoms with E-state index in [1.54, 1.807) is 11.3 Å². The summed E-state index contributed by atoms with van der Waals surface area (Å²) < 4.78 is 0. The molecular weight excluding hydrogens is 242 g/mol. The first kappa shape index (κ1) is 12.8. The van der Waals surface area contributed by atoms with E-state index in [1.807, 2.05) is 44.2 Å². The van der Waals surface area contributed by atoms with Crippen molar-refractivity contribution in [2.24, 2.45) is 0 Å². The van der Waals surface area contributed by atoms with E-state index >= 15 is 0 Å². The number of para-hydroxylation sites is 1. The topological polar surface area (TPSA) is 29.1 Å². The van der Waals surface area contributed by atoms with E-state index in [9.17, 15) is 4.79 Å². The second kappa shape index (κ2) is 5.36. The lowest BCUT2D eigenvalue weighted by molar-refractivity contribution is 0.102. The van der Waals surface area contributed by atoms with Crippen LogP contribution in [0, 0.1) is 13.8 Å². The Balaban J connectivity index is 2.24. The highest BCUT2D eigenvalue weighted by atomic mass is 32.1. The molecule has 1 aromatic carbocycles. The van der Waals surface area contributed by atoms with Crippen molar-refractivity contribution in [3.8, 4) is 0 Å². The number of hydrogen-bond donors (Lipinski definition) is 1. The van der Waals surface area contributed by atoms with Gasteiger partial charge in [-0.15, -0.1) is 11.3 Å². The van der Waals surface area contributed by atoms with Crippen LogP contribution in [0.4, 0.5) is 5.69 Å². The van der Waals surface area contributed by atoms with Crippen molar-refractivity contribution in [2.75, 3.05) is 5.32 Å². The predicted octanol–water partition coefficient (Wildman–Crippen LogP) is 4.18. The first-order valence-electron chi connectivity index (χ1n) is 6.08. The summed E-state index contributed by atoms with van der Waals surface area (Å²) in [6, 6.07) is 9.88. The molecule has 2 aromatic rings. The van der Waals surface area contributed by atoms with Gasteiger partial charge in [0.1, 0.15) is 0 Å². The zero-order valence-electron chi connectivity index (χ0n) is 10.9. The lowest BCUT2D eigenvalue weighted by Crippen LogP contribution is -2.13. The molecule has 0 fully saturated rings. The van der Waals surface area contributed by atoms with Gasteiger partial charge in [0, 0.05) is 15.4 Å². The summed E-state index contributed by atoms with van der Waals surface area (Å²) >= 11 is 1.66. The monoisotopic (exact) mass is 259 g/mol. The van der Waals surface area contributed by atoms with Crippen molar-refractivity contribution >= 4 is 22.9 Å². The SMILES string of the molecule is CCc1ccccc1NC(=O)c1cc(C)sc1C. The smallest absolute Gasteiger partial charge is 0.256 e. The second-order valence-electron chi connectivity index (χ2n) is 4.29. The van der Waals surface area contributed by atoms with Gasteiger partial charge in [0.25, 0.3) is 5.91 Å². The molecule has 0 spiro atoms. The molecule has 3 heteroatoms. The van der Waals surface area contributed by atoms with Gasteiger partial charge in [-0.25, -0.2) is 0 Å². The number of carbonyl (C=O) groups excluding carboxylic acids is 1. The lowest BCUT2D eigenvalue weighted by Gasteiger charge is -2.09. The van der Waals surface area contributed by atoms with E-state index < -0.39 is 0 Å². The molecule has 2 rings (SSSR count). The number of thiophene rings is 1. The van der Waals surface area contributed by atoms with Crippen LogP contribution < -0.4 is 5.32 Å². The van der Waals surface area contributed by atoms with E-state index in [-0.39, 0.29) is 5.91 Å². The molecule has 0 radical (unpaired) electrons. The molecule has 1 amide bonds. The average molecular weight is 259 g/mol. The zero-order chi connectivity index (χ0) is 13.1. The third-order valence-corrected chi connectivity index (χ3v) is 3.90. The van der Waals surface area contributed by atoms with Crippen molar-refractivity contribution in [3.05, 3.63) is 51.2 Å². The van der Waals surface area contributed by atoms with Crippen molar-refractivity contribution < 1.29 is 4.79 Å². The fourth-order valence-corrected chi connectivity index (χ4v) is 2.92. The standard InChI is InChI=1S/C15H17NOS/c1-4-12-7-5-6-8-14(12)16-15(17)13-9-10(2)18-11(13)3/h5-9H,4H2,1-3H3,(H,16,17). The summed E-state index contributed by atoms with van der Waals surface area (Å²) in [5.74, 6) is -0.0160. The molecule has 94 valence electrons. The minimum Gasteiger partial charge on any atom is -0.322 e. The van der Waals surface area contributed by atoms with Crippen molar-refractivity contribution in [3.63, 3.8) is 0 Å². The summed E-state index contributed by atoms with van der Waals surface area (Å²) in [4.78, 5) is 14.4. The van der Waals surface area contributed by atoms with Crippen LogP contribution >= 0.6 is 11.3 Å². The van der Waals surface area contributed by atoms with Crippen LogP contribution in [0.15, 0.2) is 30.3 Å². The highest BCUT2D eigenvalue weighted by molar-refractivity contribution is 7.12. The Morgan fingerprint density at radius 3 is 2.61 bits per heavy atom. The largest absolute Gasteiger partial charge is 0.322 e. The molecule has 2 nitrogen and oxygen atoms in total. The highest BCUT2D eigenvalue weighted by Gasteiger charge is 2.13. The van der Waals surface area contributed by atoms with E-state index in [1.165, 1.54) is 4.88 Å². The van der Waals surface area contributed by atoms with Crippen molar-refractivity contribution in [2.45, 2.75) is 27.2 Å². The summed E-state index contributed by atoms with van der Waals surface area (Å²) in [5.41, 5.74) is 2.85. The first-order valence-corrected chi connectivity index (χ1v) is 6.89. The Morgan fingerprint density at radius 1 is 1.28 bits per heavy atom. The van der Waals surface area contributed by atoms with Gasteiger partial charge >= 0.3 is 0 Å². The molecule has 0 atom stereocenters. The van der Waals surface area contributed by atoms with Crippen LogP contribution in [0.2, 0.25) is 0 Å². The van der Waals surface area contributed by atoms with Crippen molar-refractivity contribution in [1.29, 1.82) is 0 Å². The molecule has 0 aliphatic rings. The van der Waals surface area contributed by atoms with Gasteiger partial charge in [0.15, 0.2) is 0 Å². The number of nitrogens with one attached hydrogen (secondary N) is 1. The van der Waals surface area contributed by atoms with Gasteiger partial charge < -0.3 is 5.32 Å². The Morgan fingerprint density at radius 2 is 2.00 bits per heavy atom. The maximum atomic E-state index is 12.2. The normalized spacial score (nSPS) is 10.4. The molecule has 1 aromatic heterocycles. The van der Waals surface area contributed by atoms with Gasteiger partial charge in [0.05, 0.1) is 5.56 Å². The van der Waals surface area contributed by atoms with Crippen LogP contribution in [0.3, 0.4) is 0 Å². The Hall–Kier alpha value is -1.61. The molecule has 0 saturated heterocycles. The van der Waals surface area contributed by atoms with Crippen LogP contribution in [0.1, 0.15) is 32.6 Å². The fraction of sp³-hybridized carbons (Fsp3) is 0.267. The maximum Gasteiger partial charge on any atom is 0.256 e. The summed E-state index contributed by atoms with van der Waals surface area (Å²) in [7, 11) is 0. The van der Waals surface area contributed by atoms with Gasteiger partial charge in [-0.05, 0) is 38.0 Å². The number of rotatable bonds is 3. The molecule has 1 heterocycles. The first-order chi connectivity index (χ1) is 8.61. The molecule has 0 bridgehead atoms. The molecular formula is C15H17NOS. The predicted molar refractivity (Wildman–Crippen MR) is 77.6 cm³/mol. The third kappa shape index (κ3) is 2.62. The lowest BCUT2D eigenvalue weighted by atomic mass is 10.1. The van der Waals surface area contributed by atoms with E-state index in [2.05, 4.69) is 12.2 Å². The van der Waals surface area contributed by atoms with Crippen LogP contribution in [0.5, 0.6) is 0 Å². The van der Waals surface area contributed by atoms with Crippen LogP contribution in [-0.2, 0) is 6.42 Å². The van der Waals surface area contributed by atoms with E-state index in [0.29, 0.717) is 0 Å². The molecule has 18 heavy (non-hydrogen) atoms. The number of benzene rings is 1. The summed E-state index contributed by atoms with van der Waals surface area (Å²) in [6.45, 7) is 6.09. The number of hydrogen-bond acceptors (Lipinski definition) is 2. The molecule has 0 aliphatic heterocycles. The maximum absolute atomic E-state index is 12.2. The Bertz CT molecular complexity index is 572. The third-order valence-electron chi connectivity index (χ3n) is 2.93. The second-order valence-corrected chi connectivity index (χ2v) is 5.75. The number of amides is 1. The van der Waals surface area contributed by atoms with E-state index in [4.69, 9.17) is 0 Å². The minimum atomic E-state index is -0.0160. The zero-order valence-corrected chi connectivity index (χ0v) is 11.7. The molecule has 0 aliphatic carbocycles. The number of aryl methyl sites for hydroxylation is 3. The Kier molecular flexibility index (Phi) is 3.82. The quantitative estimate of drug-likeness (QED) is 0.880. The number of anilines is 1. The molecule has 0 unspecified atom stereocenters. The van der Waals surface area contributed by atoms with E-state index in [0.717, 1.165) is 28.1 Å². The molecule has 1 N–H and O–H groups in total. The summed E-state index contributed by atoms with van der Waals surface area (Å²) in [6.07, 6.45) is 0.915. The fourth-order valence-electron chi connectivity index (χ4n) is 2.00. The highest BCUT2D eigenvalue weighted by Crippen LogP contribution is 2.23. The average Bonchev–Trinajstić information content (AvgIpc) is 2.69.